The Kier molecular flexibility index (Phi) is 5.43. The summed E-state index contributed by atoms with van der Waals surface area (Å²) >= 11 is 5.95. The van der Waals surface area contributed by atoms with Crippen LogP contribution in [0.15, 0.2) is 18.2 Å². The Bertz CT molecular complexity index is 329. The van der Waals surface area contributed by atoms with Gasteiger partial charge in [0.1, 0.15) is 12.4 Å². The van der Waals surface area contributed by atoms with Gasteiger partial charge in [0.25, 0.3) is 0 Å². The molecule has 0 bridgehead atoms. The van der Waals surface area contributed by atoms with E-state index in [1.807, 2.05) is 0 Å². The smallest absolute Gasteiger partial charge is 0.138 e. The van der Waals surface area contributed by atoms with E-state index in [0.29, 0.717) is 35.6 Å². The van der Waals surface area contributed by atoms with E-state index in [1.54, 1.807) is 18.2 Å². The first-order chi connectivity index (χ1) is 7.59. The highest BCUT2D eigenvalue weighted by atomic mass is 35.5. The topological polar surface area (TPSA) is 44.5 Å². The number of benzene rings is 1. The molecule has 1 aromatic carbocycles. The Balaban J connectivity index is 2.27. The second kappa shape index (κ2) is 6.61. The molecule has 0 aliphatic heterocycles. The third-order valence-corrected chi connectivity index (χ3v) is 2.19. The van der Waals surface area contributed by atoms with Gasteiger partial charge in [-0.3, -0.25) is 0 Å². The molecule has 0 fully saturated rings. The zero-order valence-corrected chi connectivity index (χ0v) is 10.5. The molecule has 0 aromatic heterocycles. The number of nitrogens with two attached hydrogens (primary N) is 1. The number of anilines is 1. The zero-order valence-electron chi connectivity index (χ0n) is 9.70. The van der Waals surface area contributed by atoms with Gasteiger partial charge in [0.05, 0.1) is 11.6 Å². The van der Waals surface area contributed by atoms with Crippen molar-refractivity contribution >= 4 is 17.3 Å². The number of ether oxygens (including phenoxy) is 2. The molecule has 90 valence electrons. The van der Waals surface area contributed by atoms with Gasteiger partial charge < -0.3 is 15.2 Å². The summed E-state index contributed by atoms with van der Waals surface area (Å²) in [4.78, 5) is 0. The van der Waals surface area contributed by atoms with Gasteiger partial charge in [-0.15, -0.1) is 0 Å². The van der Waals surface area contributed by atoms with Crippen LogP contribution in [0.5, 0.6) is 5.75 Å². The maximum atomic E-state index is 5.95. The van der Waals surface area contributed by atoms with E-state index in [1.165, 1.54) is 0 Å². The van der Waals surface area contributed by atoms with Crippen LogP contribution in [-0.2, 0) is 4.74 Å². The highest BCUT2D eigenvalue weighted by Crippen LogP contribution is 2.26. The lowest BCUT2D eigenvalue weighted by atomic mass is 10.2. The minimum absolute atomic E-state index is 0.496. The van der Waals surface area contributed by atoms with E-state index < -0.39 is 0 Å². The molecule has 0 spiro atoms. The van der Waals surface area contributed by atoms with Crippen molar-refractivity contribution in [3.63, 3.8) is 0 Å². The lowest BCUT2D eigenvalue weighted by molar-refractivity contribution is 0.0819. The average molecular weight is 244 g/mol. The fourth-order valence-electron chi connectivity index (χ4n) is 1.16. The van der Waals surface area contributed by atoms with Crippen LogP contribution in [-0.4, -0.2) is 19.8 Å². The summed E-state index contributed by atoms with van der Waals surface area (Å²) in [5.74, 6) is 1.18. The van der Waals surface area contributed by atoms with Crippen LogP contribution >= 0.6 is 11.6 Å². The van der Waals surface area contributed by atoms with Crippen molar-refractivity contribution in [3.8, 4) is 5.75 Å². The Hall–Kier alpha value is -0.930. The third kappa shape index (κ3) is 4.73. The molecule has 0 unspecified atom stereocenters. The maximum absolute atomic E-state index is 5.95. The molecule has 0 atom stereocenters. The van der Waals surface area contributed by atoms with Gasteiger partial charge in [0.15, 0.2) is 0 Å². The van der Waals surface area contributed by atoms with Crippen LogP contribution in [0.3, 0.4) is 0 Å². The van der Waals surface area contributed by atoms with Crippen LogP contribution in [0.1, 0.15) is 13.8 Å². The SMILES string of the molecule is CC(C)COCCOc1ccc(N)cc1Cl. The third-order valence-electron chi connectivity index (χ3n) is 1.89. The molecule has 0 aliphatic carbocycles. The van der Waals surface area contributed by atoms with E-state index in [-0.39, 0.29) is 0 Å². The fourth-order valence-corrected chi connectivity index (χ4v) is 1.41. The molecule has 0 amide bonds. The Morgan fingerprint density at radius 3 is 2.69 bits per heavy atom. The van der Waals surface area contributed by atoms with Crippen LogP contribution in [0.2, 0.25) is 5.02 Å². The predicted octanol–water partition coefficient (Wildman–Crippen LogP) is 2.97. The highest BCUT2D eigenvalue weighted by molar-refractivity contribution is 6.32. The quantitative estimate of drug-likeness (QED) is 0.617. The molecule has 3 nitrogen and oxygen atoms in total. The summed E-state index contributed by atoms with van der Waals surface area (Å²) in [5, 5.41) is 0.531. The number of nitrogen functional groups attached to an aromatic ring is 1. The minimum Gasteiger partial charge on any atom is -0.490 e. The first-order valence-corrected chi connectivity index (χ1v) is 5.73. The average Bonchev–Trinajstić information content (AvgIpc) is 2.20. The number of halogens is 1. The van der Waals surface area contributed by atoms with Crippen molar-refractivity contribution in [1.29, 1.82) is 0 Å². The molecule has 0 radical (unpaired) electrons. The summed E-state index contributed by atoms with van der Waals surface area (Å²) in [7, 11) is 0. The van der Waals surface area contributed by atoms with Crippen molar-refractivity contribution in [2.75, 3.05) is 25.6 Å². The first-order valence-electron chi connectivity index (χ1n) is 5.35. The van der Waals surface area contributed by atoms with Crippen molar-refractivity contribution in [2.24, 2.45) is 5.92 Å². The van der Waals surface area contributed by atoms with Gasteiger partial charge in [-0.25, -0.2) is 0 Å². The van der Waals surface area contributed by atoms with Gasteiger partial charge >= 0.3 is 0 Å². The molecule has 1 aromatic rings. The molecule has 0 saturated carbocycles. The monoisotopic (exact) mass is 243 g/mol. The standard InChI is InChI=1S/C12H18ClNO2/c1-9(2)8-15-5-6-16-12-4-3-10(14)7-11(12)13/h3-4,7,9H,5-6,8,14H2,1-2H3. The van der Waals surface area contributed by atoms with Crippen molar-refractivity contribution in [3.05, 3.63) is 23.2 Å². The molecular formula is C12H18ClNO2. The second-order valence-electron chi connectivity index (χ2n) is 4.01. The lowest BCUT2D eigenvalue weighted by Crippen LogP contribution is -2.10. The van der Waals surface area contributed by atoms with Gasteiger partial charge in [-0.2, -0.15) is 0 Å². The van der Waals surface area contributed by atoms with Crippen molar-refractivity contribution in [1.82, 2.24) is 0 Å². The zero-order chi connectivity index (χ0) is 12.0. The van der Waals surface area contributed by atoms with Gasteiger partial charge in [0, 0.05) is 12.3 Å². The van der Waals surface area contributed by atoms with E-state index in [9.17, 15) is 0 Å². The summed E-state index contributed by atoms with van der Waals surface area (Å²) in [6.07, 6.45) is 0. The van der Waals surface area contributed by atoms with E-state index >= 15 is 0 Å². The second-order valence-corrected chi connectivity index (χ2v) is 4.41. The largest absolute Gasteiger partial charge is 0.490 e. The molecular weight excluding hydrogens is 226 g/mol. The molecule has 0 aliphatic rings. The molecule has 16 heavy (non-hydrogen) atoms. The highest BCUT2D eigenvalue weighted by Gasteiger charge is 2.01. The summed E-state index contributed by atoms with van der Waals surface area (Å²) in [6, 6.07) is 5.20. The number of hydrogen-bond acceptors (Lipinski definition) is 3. The van der Waals surface area contributed by atoms with E-state index in [4.69, 9.17) is 26.8 Å². The number of hydrogen-bond donors (Lipinski definition) is 1. The maximum Gasteiger partial charge on any atom is 0.138 e. The van der Waals surface area contributed by atoms with Gasteiger partial charge in [-0.1, -0.05) is 25.4 Å². The van der Waals surface area contributed by atoms with Gasteiger partial charge in [0.2, 0.25) is 0 Å². The normalized spacial score (nSPS) is 10.8. The van der Waals surface area contributed by atoms with Crippen LogP contribution < -0.4 is 10.5 Å². The van der Waals surface area contributed by atoms with E-state index in [0.717, 1.165) is 6.61 Å². The molecule has 0 heterocycles. The molecule has 1 rings (SSSR count). The Morgan fingerprint density at radius 1 is 1.31 bits per heavy atom. The molecule has 0 saturated heterocycles. The summed E-state index contributed by atoms with van der Waals surface area (Å²) in [6.45, 7) is 6.03. The molecule has 2 N–H and O–H groups in total. The Morgan fingerprint density at radius 2 is 2.06 bits per heavy atom. The van der Waals surface area contributed by atoms with Crippen LogP contribution in [0, 0.1) is 5.92 Å². The van der Waals surface area contributed by atoms with Crippen LogP contribution in [0.4, 0.5) is 5.69 Å². The minimum atomic E-state index is 0.496. The summed E-state index contributed by atoms with van der Waals surface area (Å²) in [5.41, 5.74) is 6.21. The molecule has 4 heteroatoms. The number of rotatable bonds is 6. The Labute approximate surface area is 101 Å². The van der Waals surface area contributed by atoms with Crippen molar-refractivity contribution < 1.29 is 9.47 Å². The predicted molar refractivity (Wildman–Crippen MR) is 67.0 cm³/mol. The van der Waals surface area contributed by atoms with Gasteiger partial charge in [-0.05, 0) is 24.1 Å². The first kappa shape index (κ1) is 13.1. The van der Waals surface area contributed by atoms with Crippen LogP contribution in [0.25, 0.3) is 0 Å². The van der Waals surface area contributed by atoms with Crippen molar-refractivity contribution in [2.45, 2.75) is 13.8 Å². The summed E-state index contributed by atoms with van der Waals surface area (Å²) < 4.78 is 10.8. The fraction of sp³-hybridized carbons (Fsp3) is 0.500. The lowest BCUT2D eigenvalue weighted by Gasteiger charge is -2.10. The van der Waals surface area contributed by atoms with E-state index in [2.05, 4.69) is 13.8 Å².